The molecule has 2 atom stereocenters. The van der Waals surface area contributed by atoms with E-state index in [-0.39, 0.29) is 5.82 Å². The van der Waals surface area contributed by atoms with E-state index in [0.717, 1.165) is 12.0 Å². The van der Waals surface area contributed by atoms with E-state index in [4.69, 9.17) is 0 Å². The highest BCUT2D eigenvalue weighted by Crippen LogP contribution is 2.28. The zero-order valence-electron chi connectivity index (χ0n) is 9.79. The Morgan fingerprint density at radius 3 is 2.94 bits per heavy atom. The molecule has 0 radical (unpaired) electrons. The number of thioether (sulfide) groups is 1. The van der Waals surface area contributed by atoms with Crippen LogP contribution in [-0.4, -0.2) is 17.0 Å². The van der Waals surface area contributed by atoms with E-state index in [0.29, 0.717) is 17.0 Å². The number of benzene rings is 1. The van der Waals surface area contributed by atoms with Crippen molar-refractivity contribution in [2.45, 2.75) is 38.0 Å². The van der Waals surface area contributed by atoms with E-state index in [1.54, 1.807) is 6.07 Å². The first-order valence-electron chi connectivity index (χ1n) is 5.81. The first kappa shape index (κ1) is 11.8. The Hall–Kier alpha value is -0.700. The second kappa shape index (κ2) is 5.09. The highest BCUT2D eigenvalue weighted by molar-refractivity contribution is 8.00. The van der Waals surface area contributed by atoms with Crippen LogP contribution in [0, 0.1) is 12.7 Å². The fraction of sp³-hybridized carbons (Fsp3) is 0.538. The van der Waals surface area contributed by atoms with Gasteiger partial charge < -0.3 is 5.32 Å². The average molecular weight is 239 g/mol. The summed E-state index contributed by atoms with van der Waals surface area (Å²) in [6, 6.07) is 5.78. The summed E-state index contributed by atoms with van der Waals surface area (Å²) in [5, 5.41) is 3.89. The van der Waals surface area contributed by atoms with Crippen molar-refractivity contribution < 1.29 is 4.39 Å². The molecule has 1 aromatic rings. The van der Waals surface area contributed by atoms with Crippen LogP contribution in [0.4, 0.5) is 10.1 Å². The van der Waals surface area contributed by atoms with E-state index >= 15 is 0 Å². The third-order valence-corrected chi connectivity index (χ3v) is 4.45. The molecule has 2 unspecified atom stereocenters. The summed E-state index contributed by atoms with van der Waals surface area (Å²) in [5.41, 5.74) is 1.61. The second-order valence-electron chi connectivity index (χ2n) is 4.45. The predicted octanol–water partition coefficient (Wildman–Crippen LogP) is 3.83. The zero-order chi connectivity index (χ0) is 11.5. The summed E-state index contributed by atoms with van der Waals surface area (Å²) in [6.07, 6.45) is 2.36. The summed E-state index contributed by atoms with van der Waals surface area (Å²) >= 11 is 1.97. The monoisotopic (exact) mass is 239 g/mol. The quantitative estimate of drug-likeness (QED) is 0.841. The maximum atomic E-state index is 13.7. The van der Waals surface area contributed by atoms with Gasteiger partial charge in [0.05, 0.1) is 5.69 Å². The Balaban J connectivity index is 2.07. The largest absolute Gasteiger partial charge is 0.379 e. The molecule has 88 valence electrons. The minimum atomic E-state index is -0.136. The van der Waals surface area contributed by atoms with E-state index in [1.807, 2.05) is 30.8 Å². The lowest BCUT2D eigenvalue weighted by Crippen LogP contribution is -2.33. The summed E-state index contributed by atoms with van der Waals surface area (Å²) in [7, 11) is 0. The number of halogens is 1. The fourth-order valence-electron chi connectivity index (χ4n) is 2.05. The van der Waals surface area contributed by atoms with Gasteiger partial charge in [-0.25, -0.2) is 4.39 Å². The van der Waals surface area contributed by atoms with Crippen LogP contribution in [0.2, 0.25) is 0 Å². The number of aryl methyl sites for hydroxylation is 1. The Morgan fingerprint density at radius 1 is 1.44 bits per heavy atom. The molecule has 1 nitrogen and oxygen atoms in total. The van der Waals surface area contributed by atoms with Gasteiger partial charge in [-0.3, -0.25) is 0 Å². The van der Waals surface area contributed by atoms with Crippen LogP contribution < -0.4 is 5.32 Å². The van der Waals surface area contributed by atoms with Gasteiger partial charge in [0.1, 0.15) is 5.82 Å². The van der Waals surface area contributed by atoms with Crippen molar-refractivity contribution in [2.24, 2.45) is 0 Å². The molecule has 1 aliphatic heterocycles. The molecule has 1 N–H and O–H groups in total. The van der Waals surface area contributed by atoms with E-state index < -0.39 is 0 Å². The van der Waals surface area contributed by atoms with Crippen molar-refractivity contribution in [3.05, 3.63) is 29.6 Å². The van der Waals surface area contributed by atoms with Gasteiger partial charge in [-0.05, 0) is 43.2 Å². The van der Waals surface area contributed by atoms with Gasteiger partial charge in [0, 0.05) is 11.3 Å². The molecule has 0 amide bonds. The van der Waals surface area contributed by atoms with Crippen molar-refractivity contribution in [3.8, 4) is 0 Å². The molecular formula is C13H18FNS. The maximum Gasteiger partial charge on any atom is 0.146 e. The Bertz CT molecular complexity index is 367. The summed E-state index contributed by atoms with van der Waals surface area (Å²) < 4.78 is 13.7. The van der Waals surface area contributed by atoms with Crippen molar-refractivity contribution in [3.63, 3.8) is 0 Å². The minimum absolute atomic E-state index is 0.136. The highest BCUT2D eigenvalue weighted by Gasteiger charge is 2.22. The smallest absolute Gasteiger partial charge is 0.146 e. The van der Waals surface area contributed by atoms with Gasteiger partial charge in [-0.2, -0.15) is 11.8 Å². The number of anilines is 1. The maximum absolute atomic E-state index is 13.7. The van der Waals surface area contributed by atoms with E-state index in [9.17, 15) is 4.39 Å². The van der Waals surface area contributed by atoms with Crippen molar-refractivity contribution in [1.82, 2.24) is 0 Å². The van der Waals surface area contributed by atoms with Crippen LogP contribution in [0.1, 0.15) is 25.3 Å². The molecule has 16 heavy (non-hydrogen) atoms. The first-order valence-corrected chi connectivity index (χ1v) is 6.86. The normalized spacial score (nSPS) is 25.4. The molecule has 1 heterocycles. The number of hydrogen-bond donors (Lipinski definition) is 1. The van der Waals surface area contributed by atoms with Crippen molar-refractivity contribution >= 4 is 17.4 Å². The van der Waals surface area contributed by atoms with E-state index in [1.165, 1.54) is 12.2 Å². The molecule has 0 spiro atoms. The third-order valence-electron chi connectivity index (χ3n) is 3.07. The van der Waals surface area contributed by atoms with Crippen LogP contribution in [0.5, 0.6) is 0 Å². The van der Waals surface area contributed by atoms with Crippen molar-refractivity contribution in [1.29, 1.82) is 0 Å². The van der Waals surface area contributed by atoms with Gasteiger partial charge in [0.15, 0.2) is 0 Å². The van der Waals surface area contributed by atoms with Gasteiger partial charge in [0.25, 0.3) is 0 Å². The molecule has 0 aromatic heterocycles. The standard InChI is InChI=1S/C13H18FNS/c1-9-5-6-13(11(14)8-9)15-12-4-3-7-16-10(12)2/h5-6,8,10,12,15H,3-4,7H2,1-2H3. The summed E-state index contributed by atoms with van der Waals surface area (Å²) in [5.74, 6) is 1.10. The van der Waals surface area contributed by atoms with Crippen LogP contribution in [0.15, 0.2) is 18.2 Å². The molecule has 3 heteroatoms. The SMILES string of the molecule is Cc1ccc(NC2CCCSC2C)c(F)c1. The molecule has 1 aliphatic rings. The number of hydrogen-bond acceptors (Lipinski definition) is 2. The molecule has 1 saturated heterocycles. The molecule has 1 aromatic carbocycles. The summed E-state index contributed by atoms with van der Waals surface area (Å²) in [6.45, 7) is 4.12. The Kier molecular flexibility index (Phi) is 3.74. The molecule has 2 rings (SSSR count). The third kappa shape index (κ3) is 2.70. The van der Waals surface area contributed by atoms with Crippen LogP contribution in [0.3, 0.4) is 0 Å². The van der Waals surface area contributed by atoms with Crippen LogP contribution in [-0.2, 0) is 0 Å². The Morgan fingerprint density at radius 2 is 2.25 bits per heavy atom. The lowest BCUT2D eigenvalue weighted by molar-refractivity contribution is 0.596. The predicted molar refractivity (Wildman–Crippen MR) is 69.7 cm³/mol. The number of rotatable bonds is 2. The van der Waals surface area contributed by atoms with Gasteiger partial charge in [0.2, 0.25) is 0 Å². The van der Waals surface area contributed by atoms with Gasteiger partial charge in [-0.1, -0.05) is 13.0 Å². The number of nitrogens with one attached hydrogen (secondary N) is 1. The van der Waals surface area contributed by atoms with E-state index in [2.05, 4.69) is 12.2 Å². The second-order valence-corrected chi connectivity index (χ2v) is 5.94. The lowest BCUT2D eigenvalue weighted by atomic mass is 10.1. The molecule has 0 aliphatic carbocycles. The van der Waals surface area contributed by atoms with Gasteiger partial charge >= 0.3 is 0 Å². The Labute approximate surface area is 101 Å². The molecule has 1 fully saturated rings. The first-order chi connectivity index (χ1) is 7.66. The molecule has 0 bridgehead atoms. The topological polar surface area (TPSA) is 12.0 Å². The lowest BCUT2D eigenvalue weighted by Gasteiger charge is -2.30. The zero-order valence-corrected chi connectivity index (χ0v) is 10.6. The van der Waals surface area contributed by atoms with Crippen LogP contribution in [0.25, 0.3) is 0 Å². The van der Waals surface area contributed by atoms with Crippen molar-refractivity contribution in [2.75, 3.05) is 11.1 Å². The average Bonchev–Trinajstić information content (AvgIpc) is 2.25. The molecule has 0 saturated carbocycles. The highest BCUT2D eigenvalue weighted by atomic mass is 32.2. The fourth-order valence-corrected chi connectivity index (χ4v) is 3.19. The minimum Gasteiger partial charge on any atom is -0.379 e. The van der Waals surface area contributed by atoms with Gasteiger partial charge in [-0.15, -0.1) is 0 Å². The molecular weight excluding hydrogens is 221 g/mol. The summed E-state index contributed by atoms with van der Waals surface area (Å²) in [4.78, 5) is 0. The van der Waals surface area contributed by atoms with Crippen LogP contribution >= 0.6 is 11.8 Å².